The molecule has 38 heavy (non-hydrogen) atoms. The van der Waals surface area contributed by atoms with Crippen molar-refractivity contribution in [1.29, 1.82) is 0 Å². The molecule has 2 aromatic heterocycles. The number of amides is 1. The number of alkyl halides is 1. The zero-order chi connectivity index (χ0) is 26.1. The molecule has 1 saturated heterocycles. The predicted molar refractivity (Wildman–Crippen MR) is 146 cm³/mol. The molecule has 2 aliphatic rings. The van der Waals surface area contributed by atoms with Gasteiger partial charge in [0.05, 0.1) is 24.0 Å². The summed E-state index contributed by atoms with van der Waals surface area (Å²) in [7, 11) is 2.12. The number of hydrogen-bond donors (Lipinski definition) is 1. The number of likely N-dealkylation sites (N-methyl/N-ethyl adjacent to an activating group) is 1. The van der Waals surface area contributed by atoms with Crippen molar-refractivity contribution < 1.29 is 9.18 Å². The number of carbonyl (C=O) groups excluding carboxylic acids is 1. The molecule has 6 rings (SSSR count). The third-order valence-electron chi connectivity index (χ3n) is 7.45. The minimum Gasteiger partial charge on any atom is -0.369 e. The van der Waals surface area contributed by atoms with Gasteiger partial charge < -0.3 is 9.80 Å². The van der Waals surface area contributed by atoms with Crippen LogP contribution in [0, 0.1) is 0 Å². The van der Waals surface area contributed by atoms with Crippen molar-refractivity contribution in [3.63, 3.8) is 0 Å². The van der Waals surface area contributed by atoms with Crippen LogP contribution in [0.15, 0.2) is 54.9 Å². The number of aromatic nitrogens is 4. The standard InChI is InChI=1S/C28H31FN8O/c1-34-9-12-36(13-10-34)23-4-2-3-21(15-23)27(38)33-28-30-17-22-6-5-20(16-25(22)32-28)24-18-31-37-14-11-35(8-7-29)19-26(24)37/h2-6,15-18H,7-14,19H2,1H3,(H,30,32,33,38). The number of rotatable bonds is 6. The van der Waals surface area contributed by atoms with E-state index >= 15 is 0 Å². The third kappa shape index (κ3) is 4.97. The molecule has 0 saturated carbocycles. The van der Waals surface area contributed by atoms with Gasteiger partial charge in [-0.05, 0) is 36.9 Å². The number of hydrogen-bond acceptors (Lipinski definition) is 7. The maximum Gasteiger partial charge on any atom is 0.258 e. The van der Waals surface area contributed by atoms with E-state index < -0.39 is 0 Å². The van der Waals surface area contributed by atoms with Crippen LogP contribution in [0.25, 0.3) is 22.0 Å². The molecule has 0 aliphatic carbocycles. The predicted octanol–water partition coefficient (Wildman–Crippen LogP) is 3.28. The number of nitrogens with one attached hydrogen (secondary N) is 1. The Kier molecular flexibility index (Phi) is 6.73. The molecule has 9 nitrogen and oxygen atoms in total. The minimum absolute atomic E-state index is 0.241. The molecule has 4 aromatic rings. The lowest BCUT2D eigenvalue weighted by molar-refractivity contribution is 0.102. The van der Waals surface area contributed by atoms with E-state index in [0.717, 1.165) is 72.7 Å². The first-order valence-electron chi connectivity index (χ1n) is 13.0. The van der Waals surface area contributed by atoms with Crippen LogP contribution in [0.5, 0.6) is 0 Å². The monoisotopic (exact) mass is 514 g/mol. The van der Waals surface area contributed by atoms with E-state index in [1.54, 1.807) is 6.20 Å². The van der Waals surface area contributed by atoms with Crippen molar-refractivity contribution in [3.05, 3.63) is 66.1 Å². The summed E-state index contributed by atoms with van der Waals surface area (Å²) in [5.41, 5.74) is 5.42. The van der Waals surface area contributed by atoms with E-state index in [9.17, 15) is 9.18 Å². The molecule has 1 amide bonds. The number of nitrogens with zero attached hydrogens (tertiary/aromatic N) is 7. The Morgan fingerprint density at radius 1 is 1.03 bits per heavy atom. The Morgan fingerprint density at radius 2 is 1.89 bits per heavy atom. The highest BCUT2D eigenvalue weighted by Crippen LogP contribution is 2.29. The fourth-order valence-electron chi connectivity index (χ4n) is 5.18. The topological polar surface area (TPSA) is 82.4 Å². The number of fused-ring (bicyclic) bond motifs is 2. The Hall–Kier alpha value is -3.89. The van der Waals surface area contributed by atoms with Crippen molar-refractivity contribution >= 4 is 28.4 Å². The molecular weight excluding hydrogens is 483 g/mol. The SMILES string of the molecule is CN1CCN(c2cccc(C(=O)Nc3ncc4ccc(-c5cnn6c5CN(CCF)CC6)cc4n3)c2)CC1. The highest BCUT2D eigenvalue weighted by molar-refractivity contribution is 6.04. The van der Waals surface area contributed by atoms with Crippen LogP contribution >= 0.6 is 0 Å². The van der Waals surface area contributed by atoms with Crippen LogP contribution in [-0.4, -0.2) is 88.4 Å². The highest BCUT2D eigenvalue weighted by atomic mass is 19.1. The third-order valence-corrected chi connectivity index (χ3v) is 7.45. The summed E-state index contributed by atoms with van der Waals surface area (Å²) < 4.78 is 14.9. The summed E-state index contributed by atoms with van der Waals surface area (Å²) in [6.07, 6.45) is 3.59. The van der Waals surface area contributed by atoms with Gasteiger partial charge in [-0.15, -0.1) is 0 Å². The Balaban J connectivity index is 1.22. The lowest BCUT2D eigenvalue weighted by Gasteiger charge is -2.34. The second kappa shape index (κ2) is 10.5. The van der Waals surface area contributed by atoms with Crippen molar-refractivity contribution in [3.8, 4) is 11.1 Å². The van der Waals surface area contributed by atoms with Crippen LogP contribution in [0.4, 0.5) is 16.0 Å². The van der Waals surface area contributed by atoms with Gasteiger partial charge in [-0.25, -0.2) is 14.4 Å². The normalized spacial score (nSPS) is 16.5. The van der Waals surface area contributed by atoms with Crippen LogP contribution in [-0.2, 0) is 13.1 Å². The van der Waals surface area contributed by atoms with Gasteiger partial charge in [0, 0.05) is 74.2 Å². The summed E-state index contributed by atoms with van der Waals surface area (Å²) in [4.78, 5) is 28.8. The number of carbonyl (C=O) groups is 1. The molecule has 0 unspecified atom stereocenters. The van der Waals surface area contributed by atoms with Crippen molar-refractivity contribution in [2.45, 2.75) is 13.1 Å². The van der Waals surface area contributed by atoms with E-state index in [2.05, 4.69) is 42.1 Å². The molecule has 0 spiro atoms. The molecule has 2 aliphatic heterocycles. The highest BCUT2D eigenvalue weighted by Gasteiger charge is 2.21. The van der Waals surface area contributed by atoms with Crippen molar-refractivity contribution in [1.82, 2.24) is 29.5 Å². The van der Waals surface area contributed by atoms with Gasteiger partial charge in [-0.3, -0.25) is 19.7 Å². The minimum atomic E-state index is -0.356. The maximum absolute atomic E-state index is 13.1. The molecular formula is C28H31FN8O. The van der Waals surface area contributed by atoms with Crippen molar-refractivity contribution in [2.75, 3.05) is 63.2 Å². The second-order valence-corrected chi connectivity index (χ2v) is 9.96. The van der Waals surface area contributed by atoms with Gasteiger partial charge in [-0.2, -0.15) is 5.10 Å². The largest absolute Gasteiger partial charge is 0.369 e. The van der Waals surface area contributed by atoms with Crippen LogP contribution in [0.1, 0.15) is 16.1 Å². The van der Waals surface area contributed by atoms with Gasteiger partial charge >= 0.3 is 0 Å². The van der Waals surface area contributed by atoms with Crippen molar-refractivity contribution in [2.24, 2.45) is 0 Å². The number of halogens is 1. The second-order valence-electron chi connectivity index (χ2n) is 9.96. The van der Waals surface area contributed by atoms with E-state index in [0.29, 0.717) is 18.7 Å². The smallest absolute Gasteiger partial charge is 0.258 e. The Morgan fingerprint density at radius 3 is 2.74 bits per heavy atom. The quantitative estimate of drug-likeness (QED) is 0.423. The summed E-state index contributed by atoms with van der Waals surface area (Å²) in [6, 6.07) is 13.7. The molecule has 1 fully saturated rings. The summed E-state index contributed by atoms with van der Waals surface area (Å²) in [5.74, 6) is 0.0194. The fraction of sp³-hybridized carbons (Fsp3) is 0.357. The lowest BCUT2D eigenvalue weighted by Crippen LogP contribution is -2.44. The summed E-state index contributed by atoms with van der Waals surface area (Å²) in [6.45, 7) is 6.15. The van der Waals surface area contributed by atoms with Gasteiger partial charge in [-0.1, -0.05) is 18.2 Å². The first kappa shape index (κ1) is 24.4. The van der Waals surface area contributed by atoms with Crippen LogP contribution in [0.3, 0.4) is 0 Å². The fourth-order valence-corrected chi connectivity index (χ4v) is 5.18. The molecule has 1 N–H and O–H groups in total. The van der Waals surface area contributed by atoms with Gasteiger partial charge in [0.25, 0.3) is 5.91 Å². The van der Waals surface area contributed by atoms with E-state index in [1.165, 1.54) is 0 Å². The number of anilines is 2. The molecule has 0 radical (unpaired) electrons. The van der Waals surface area contributed by atoms with Gasteiger partial charge in [0.2, 0.25) is 5.95 Å². The van der Waals surface area contributed by atoms with Gasteiger partial charge in [0.15, 0.2) is 0 Å². The van der Waals surface area contributed by atoms with Crippen LogP contribution in [0.2, 0.25) is 0 Å². The molecule has 0 bridgehead atoms. The lowest BCUT2D eigenvalue weighted by atomic mass is 10.0. The molecule has 4 heterocycles. The summed E-state index contributed by atoms with van der Waals surface area (Å²) >= 11 is 0. The zero-order valence-corrected chi connectivity index (χ0v) is 21.5. The van der Waals surface area contributed by atoms with E-state index in [4.69, 9.17) is 0 Å². The first-order chi connectivity index (χ1) is 18.6. The molecule has 10 heteroatoms. The summed E-state index contributed by atoms with van der Waals surface area (Å²) in [5, 5.41) is 8.29. The van der Waals surface area contributed by atoms with E-state index in [-0.39, 0.29) is 18.5 Å². The Labute approximate surface area is 220 Å². The van der Waals surface area contributed by atoms with Gasteiger partial charge in [0.1, 0.15) is 6.67 Å². The zero-order valence-electron chi connectivity index (χ0n) is 21.5. The molecule has 2 aromatic carbocycles. The average Bonchev–Trinajstić information content (AvgIpc) is 3.37. The number of benzene rings is 2. The first-order valence-corrected chi connectivity index (χ1v) is 13.0. The number of piperazine rings is 1. The van der Waals surface area contributed by atoms with Crippen LogP contribution < -0.4 is 10.2 Å². The molecule has 196 valence electrons. The molecule has 0 atom stereocenters. The van der Waals surface area contributed by atoms with E-state index in [1.807, 2.05) is 53.3 Å². The Bertz CT molecular complexity index is 1460. The average molecular weight is 515 g/mol. The maximum atomic E-state index is 13.1.